The highest BCUT2D eigenvalue weighted by Crippen LogP contribution is 2.50. The van der Waals surface area contributed by atoms with Gasteiger partial charge in [-0.3, -0.25) is 9.59 Å². The summed E-state index contributed by atoms with van der Waals surface area (Å²) in [5, 5.41) is 17.0. The summed E-state index contributed by atoms with van der Waals surface area (Å²) in [5.41, 5.74) is 5.84. The number of carbonyl (C=O) groups excluding carboxylic acids is 3. The lowest BCUT2D eigenvalue weighted by Crippen LogP contribution is -2.55. The molecule has 4 amide bonds. The second-order valence-electron chi connectivity index (χ2n) is 17.5. The lowest BCUT2D eigenvalue weighted by Gasteiger charge is -2.39. The Hall–Kier alpha value is -7.18. The number of likely N-dealkylation sites (tertiary alicyclic amines) is 2. The smallest absolute Gasteiger partial charge is 0.407 e. The standard InChI is InChI=1S/C50H50N8O7/c1-64-50(63)56-41(32-6-3-2-4-7-32)47(59)57-23-5-8-40(57)45-51-28-39(53-45)31-14-11-29(12-15-31)9-10-30-13-19-37-34(26-30)17-20-38-43(37)54-46(52-38)44-35-16-18-36(27-35)58(44)48(60)42(55-49(61)62)33-21-24-65-25-22-33/h2-4,6-7,11-15,17,19-20,26,28,33,35-36,40-42,44,55H,5,8,16,18,21-25,27H2,1H3,(H,51,53)(H,52,54)(H,56,63)(H,61,62)/t35-,36+,40-,41+,42-,44-/m0/s1. The van der Waals surface area contributed by atoms with Crippen LogP contribution in [0.1, 0.15) is 91.4 Å². The van der Waals surface area contributed by atoms with Crippen LogP contribution in [0.2, 0.25) is 0 Å². The van der Waals surface area contributed by atoms with Crippen LogP contribution in [-0.2, 0) is 19.1 Å². The molecule has 1 aliphatic carbocycles. The fraction of sp³-hybridized carbons (Fsp3) is 0.360. The van der Waals surface area contributed by atoms with Gasteiger partial charge in [-0.25, -0.2) is 19.6 Å². The number of aromatic amines is 2. The van der Waals surface area contributed by atoms with Gasteiger partial charge in [0.15, 0.2) is 0 Å². The lowest BCUT2D eigenvalue weighted by atomic mass is 9.89. The molecule has 3 aliphatic heterocycles. The van der Waals surface area contributed by atoms with Crippen LogP contribution >= 0.6 is 0 Å². The highest BCUT2D eigenvalue weighted by atomic mass is 16.5. The molecule has 4 fully saturated rings. The summed E-state index contributed by atoms with van der Waals surface area (Å²) in [6.45, 7) is 1.58. The molecule has 6 aromatic rings. The fourth-order valence-electron chi connectivity index (χ4n) is 10.5. The summed E-state index contributed by atoms with van der Waals surface area (Å²) in [7, 11) is 1.28. The number of carboxylic acid groups (broad SMARTS) is 1. The van der Waals surface area contributed by atoms with Crippen molar-refractivity contribution in [1.82, 2.24) is 40.4 Å². The number of rotatable bonds is 9. The molecule has 0 unspecified atom stereocenters. The molecule has 332 valence electrons. The third-order valence-corrected chi connectivity index (χ3v) is 13.7. The summed E-state index contributed by atoms with van der Waals surface area (Å²) in [4.78, 5) is 72.9. The minimum atomic E-state index is -1.19. The molecule has 6 atom stereocenters. The molecular weight excluding hydrogens is 825 g/mol. The number of benzene rings is 4. The number of nitrogens with zero attached hydrogens (tertiary/aromatic N) is 4. The number of piperidine rings is 1. The minimum absolute atomic E-state index is 0.0572. The summed E-state index contributed by atoms with van der Waals surface area (Å²) in [5.74, 6) is 7.80. The molecule has 2 bridgehead atoms. The Morgan fingerprint density at radius 1 is 0.862 bits per heavy atom. The maximum Gasteiger partial charge on any atom is 0.407 e. The van der Waals surface area contributed by atoms with E-state index in [4.69, 9.17) is 19.4 Å². The zero-order chi connectivity index (χ0) is 44.6. The summed E-state index contributed by atoms with van der Waals surface area (Å²) < 4.78 is 10.4. The van der Waals surface area contributed by atoms with Crippen molar-refractivity contribution in [2.24, 2.45) is 11.8 Å². The first kappa shape index (κ1) is 41.8. The van der Waals surface area contributed by atoms with Crippen molar-refractivity contribution in [3.05, 3.63) is 119 Å². The Morgan fingerprint density at radius 2 is 1.65 bits per heavy atom. The van der Waals surface area contributed by atoms with E-state index in [0.29, 0.717) is 44.0 Å². The maximum atomic E-state index is 14.3. The third-order valence-electron chi connectivity index (χ3n) is 13.7. The van der Waals surface area contributed by atoms with E-state index in [1.54, 1.807) is 11.1 Å². The van der Waals surface area contributed by atoms with Crippen molar-refractivity contribution < 1.29 is 33.8 Å². The zero-order valence-electron chi connectivity index (χ0n) is 36.0. The van der Waals surface area contributed by atoms with Crippen molar-refractivity contribution in [2.45, 2.75) is 75.2 Å². The van der Waals surface area contributed by atoms with Crippen LogP contribution in [0.15, 0.2) is 91.1 Å². The van der Waals surface area contributed by atoms with E-state index in [0.717, 1.165) is 82.1 Å². The van der Waals surface area contributed by atoms with Crippen LogP contribution in [0, 0.1) is 23.7 Å². The molecule has 10 rings (SSSR count). The van der Waals surface area contributed by atoms with Gasteiger partial charge in [0.1, 0.15) is 23.7 Å². The number of ether oxygens (including phenoxy) is 2. The third kappa shape index (κ3) is 8.26. The number of imidazole rings is 2. The normalized spacial score (nSPS) is 21.5. The van der Waals surface area contributed by atoms with E-state index in [1.165, 1.54) is 7.11 Å². The molecule has 1 saturated carbocycles. The number of hydrogen-bond donors (Lipinski definition) is 5. The van der Waals surface area contributed by atoms with Gasteiger partial charge in [-0.1, -0.05) is 66.4 Å². The van der Waals surface area contributed by atoms with E-state index in [9.17, 15) is 24.3 Å². The van der Waals surface area contributed by atoms with E-state index in [1.807, 2.05) is 77.7 Å². The van der Waals surface area contributed by atoms with E-state index in [2.05, 4.69) is 44.6 Å². The quantitative estimate of drug-likeness (QED) is 0.0922. The topological polar surface area (TPSA) is 195 Å². The Balaban J connectivity index is 0.835. The number of nitrogens with one attached hydrogen (secondary N) is 4. The summed E-state index contributed by atoms with van der Waals surface area (Å²) in [6, 6.07) is 25.1. The van der Waals surface area contributed by atoms with Gasteiger partial charge in [0, 0.05) is 42.3 Å². The first-order valence-electron chi connectivity index (χ1n) is 22.4. The number of alkyl carbamates (subject to hydrolysis) is 1. The SMILES string of the molecule is COC(=O)N[C@@H](C(=O)N1CCC[C@H]1c1ncc(-c2ccc(C#Cc3ccc4c(ccc5[nH]c([C@@H]6[C@H]7CC[C@H](C7)N6C(=O)[C@@H](NC(=O)O)C6CCOCC6)nc54)c3)cc2)[nH]1)c1ccccc1. The summed E-state index contributed by atoms with van der Waals surface area (Å²) in [6.07, 6.45) is 5.52. The second kappa shape index (κ2) is 17.8. The van der Waals surface area contributed by atoms with Gasteiger partial charge in [0.25, 0.3) is 5.91 Å². The molecule has 3 saturated heterocycles. The predicted molar refractivity (Wildman–Crippen MR) is 241 cm³/mol. The van der Waals surface area contributed by atoms with Crippen molar-refractivity contribution >= 4 is 45.8 Å². The molecule has 65 heavy (non-hydrogen) atoms. The molecular formula is C50H50N8O7. The molecule has 4 aliphatic rings. The number of carbonyl (C=O) groups is 4. The van der Waals surface area contributed by atoms with Crippen LogP contribution in [0.25, 0.3) is 33.1 Å². The van der Waals surface area contributed by atoms with Gasteiger partial charge < -0.3 is 45.0 Å². The Labute approximate surface area is 375 Å². The predicted octanol–water partition coefficient (Wildman–Crippen LogP) is 7.38. The number of H-pyrrole nitrogens is 2. The maximum absolute atomic E-state index is 14.3. The largest absolute Gasteiger partial charge is 0.465 e. The van der Waals surface area contributed by atoms with Gasteiger partial charge in [0.05, 0.1) is 42.1 Å². The molecule has 5 heterocycles. The molecule has 15 heteroatoms. The molecule has 15 nitrogen and oxygen atoms in total. The van der Waals surface area contributed by atoms with Crippen LogP contribution in [-0.4, -0.2) is 97.8 Å². The van der Waals surface area contributed by atoms with Crippen molar-refractivity contribution in [1.29, 1.82) is 0 Å². The van der Waals surface area contributed by atoms with Crippen molar-refractivity contribution in [3.63, 3.8) is 0 Å². The molecule has 5 N–H and O–H groups in total. The lowest BCUT2D eigenvalue weighted by molar-refractivity contribution is -0.140. The average molecular weight is 875 g/mol. The zero-order valence-corrected chi connectivity index (χ0v) is 36.0. The highest BCUT2D eigenvalue weighted by molar-refractivity contribution is 6.04. The van der Waals surface area contributed by atoms with Gasteiger partial charge in [-0.05, 0) is 104 Å². The second-order valence-corrected chi connectivity index (χ2v) is 17.5. The first-order valence-corrected chi connectivity index (χ1v) is 22.4. The van der Waals surface area contributed by atoms with Crippen molar-refractivity contribution in [2.75, 3.05) is 26.9 Å². The van der Waals surface area contributed by atoms with E-state index < -0.39 is 24.3 Å². The average Bonchev–Trinajstić information content (AvgIpc) is 4.21. The first-order chi connectivity index (χ1) is 31.7. The Kier molecular flexibility index (Phi) is 11.4. The fourth-order valence-corrected chi connectivity index (χ4v) is 10.5. The number of aromatic nitrogens is 4. The molecule has 0 spiro atoms. The van der Waals surface area contributed by atoms with Gasteiger partial charge in [-0.2, -0.15) is 0 Å². The number of amides is 4. The Morgan fingerprint density at radius 3 is 2.43 bits per heavy atom. The van der Waals surface area contributed by atoms with Crippen LogP contribution < -0.4 is 10.6 Å². The molecule has 4 aromatic carbocycles. The molecule has 0 radical (unpaired) electrons. The van der Waals surface area contributed by atoms with Gasteiger partial charge >= 0.3 is 12.2 Å². The summed E-state index contributed by atoms with van der Waals surface area (Å²) >= 11 is 0. The molecule has 2 aromatic heterocycles. The van der Waals surface area contributed by atoms with E-state index >= 15 is 0 Å². The number of hydrogen-bond acceptors (Lipinski definition) is 8. The van der Waals surface area contributed by atoms with Crippen LogP contribution in [0.5, 0.6) is 0 Å². The Bertz CT molecular complexity index is 2820. The van der Waals surface area contributed by atoms with Crippen molar-refractivity contribution in [3.8, 4) is 23.1 Å². The highest BCUT2D eigenvalue weighted by Gasteiger charge is 2.52. The number of methoxy groups -OCH3 is 1. The number of fused-ring (bicyclic) bond motifs is 5. The van der Waals surface area contributed by atoms with Crippen LogP contribution in [0.3, 0.4) is 0 Å². The van der Waals surface area contributed by atoms with Gasteiger partial charge in [-0.15, -0.1) is 0 Å². The monoisotopic (exact) mass is 874 g/mol. The minimum Gasteiger partial charge on any atom is -0.465 e. The van der Waals surface area contributed by atoms with Crippen LogP contribution in [0.4, 0.5) is 9.59 Å². The van der Waals surface area contributed by atoms with Gasteiger partial charge in [0.2, 0.25) is 5.91 Å². The van der Waals surface area contributed by atoms with E-state index in [-0.39, 0.29) is 41.8 Å².